The van der Waals surface area contributed by atoms with Gasteiger partial charge in [0.1, 0.15) is 0 Å². The third-order valence-electron chi connectivity index (χ3n) is 2.52. The molecular weight excluding hydrogens is 174 g/mol. The van der Waals surface area contributed by atoms with Crippen LogP contribution in [0, 0.1) is 5.92 Å². The maximum atomic E-state index is 9.30. The monoisotopic (exact) mass is 191 g/mol. The van der Waals surface area contributed by atoms with Gasteiger partial charge in [0.25, 0.3) is 0 Å². The largest absolute Gasteiger partial charge is 0.391 e. The van der Waals surface area contributed by atoms with E-state index in [1.807, 2.05) is 0 Å². The Kier molecular flexibility index (Phi) is 4.33. The van der Waals surface area contributed by atoms with Gasteiger partial charge in [0.05, 0.1) is 6.10 Å². The minimum atomic E-state index is -0.347. The van der Waals surface area contributed by atoms with Crippen molar-refractivity contribution in [3.05, 3.63) is 0 Å². The van der Waals surface area contributed by atoms with Gasteiger partial charge in [-0.05, 0) is 31.8 Å². The summed E-state index contributed by atoms with van der Waals surface area (Å²) in [5, 5.41) is 9.30. The van der Waals surface area contributed by atoms with Crippen molar-refractivity contribution in [2.45, 2.75) is 25.9 Å². The van der Waals surface area contributed by atoms with Crippen LogP contribution in [0.25, 0.3) is 0 Å². The SMILES string of the molecule is CC1CCN(C[C@@H](O)CCl)CC1. The highest BCUT2D eigenvalue weighted by atomic mass is 35.5. The molecule has 1 aliphatic heterocycles. The van der Waals surface area contributed by atoms with Gasteiger partial charge < -0.3 is 10.0 Å². The Hall–Kier alpha value is 0.210. The van der Waals surface area contributed by atoms with Crippen molar-refractivity contribution in [1.29, 1.82) is 0 Å². The zero-order chi connectivity index (χ0) is 8.97. The first-order valence-electron chi connectivity index (χ1n) is 4.68. The van der Waals surface area contributed by atoms with E-state index in [1.54, 1.807) is 0 Å². The lowest BCUT2D eigenvalue weighted by atomic mass is 9.99. The number of nitrogens with zero attached hydrogens (tertiary/aromatic N) is 1. The van der Waals surface area contributed by atoms with Gasteiger partial charge in [0.2, 0.25) is 0 Å². The first-order valence-corrected chi connectivity index (χ1v) is 5.22. The predicted octanol–water partition coefficient (Wildman–Crippen LogP) is 1.32. The molecule has 0 bridgehead atoms. The second kappa shape index (κ2) is 5.05. The molecule has 0 amide bonds. The molecule has 12 heavy (non-hydrogen) atoms. The van der Waals surface area contributed by atoms with Crippen LogP contribution in [0.15, 0.2) is 0 Å². The molecule has 0 unspecified atom stereocenters. The van der Waals surface area contributed by atoms with Crippen LogP contribution < -0.4 is 0 Å². The lowest BCUT2D eigenvalue weighted by Gasteiger charge is -2.31. The zero-order valence-electron chi connectivity index (χ0n) is 7.67. The van der Waals surface area contributed by atoms with Crippen LogP contribution in [0.3, 0.4) is 0 Å². The van der Waals surface area contributed by atoms with Crippen molar-refractivity contribution in [1.82, 2.24) is 4.90 Å². The summed E-state index contributed by atoms with van der Waals surface area (Å²) in [4.78, 5) is 2.30. The fourth-order valence-corrected chi connectivity index (χ4v) is 1.69. The number of aliphatic hydroxyl groups is 1. The highest BCUT2D eigenvalue weighted by Gasteiger charge is 2.17. The summed E-state index contributed by atoms with van der Waals surface area (Å²) in [6, 6.07) is 0. The third-order valence-corrected chi connectivity index (χ3v) is 2.88. The summed E-state index contributed by atoms with van der Waals surface area (Å²) in [6.45, 7) is 5.27. The van der Waals surface area contributed by atoms with Gasteiger partial charge in [-0.2, -0.15) is 0 Å². The number of hydrogen-bond donors (Lipinski definition) is 1. The van der Waals surface area contributed by atoms with Gasteiger partial charge in [0, 0.05) is 12.4 Å². The third kappa shape index (κ3) is 3.30. The highest BCUT2D eigenvalue weighted by molar-refractivity contribution is 6.18. The molecular formula is C9H18ClNO. The van der Waals surface area contributed by atoms with Crippen LogP contribution in [0.5, 0.6) is 0 Å². The van der Waals surface area contributed by atoms with Crippen LogP contribution in [0.1, 0.15) is 19.8 Å². The Morgan fingerprint density at radius 1 is 1.50 bits per heavy atom. The number of aliphatic hydroxyl groups excluding tert-OH is 1. The molecule has 0 aromatic carbocycles. The predicted molar refractivity (Wildman–Crippen MR) is 51.6 cm³/mol. The summed E-state index contributed by atoms with van der Waals surface area (Å²) in [5.41, 5.74) is 0. The van der Waals surface area contributed by atoms with Gasteiger partial charge in [-0.15, -0.1) is 11.6 Å². The van der Waals surface area contributed by atoms with Gasteiger partial charge in [-0.3, -0.25) is 0 Å². The van der Waals surface area contributed by atoms with E-state index in [0.29, 0.717) is 5.88 Å². The normalized spacial score (nSPS) is 24.2. The second-order valence-electron chi connectivity index (χ2n) is 3.79. The van der Waals surface area contributed by atoms with Crippen LogP contribution in [0.2, 0.25) is 0 Å². The fraction of sp³-hybridized carbons (Fsp3) is 1.00. The standard InChI is InChI=1S/C9H18ClNO/c1-8-2-4-11(5-3-8)7-9(12)6-10/h8-9,12H,2-7H2,1H3/t9-/m0/s1. The molecule has 1 saturated heterocycles. The van der Waals surface area contributed by atoms with Crippen molar-refractivity contribution in [2.24, 2.45) is 5.92 Å². The molecule has 72 valence electrons. The second-order valence-corrected chi connectivity index (χ2v) is 4.10. The first kappa shape index (κ1) is 10.3. The van der Waals surface area contributed by atoms with Crippen LogP contribution >= 0.6 is 11.6 Å². The van der Waals surface area contributed by atoms with E-state index in [2.05, 4.69) is 11.8 Å². The molecule has 1 N–H and O–H groups in total. The Morgan fingerprint density at radius 2 is 2.08 bits per heavy atom. The summed E-state index contributed by atoms with van der Waals surface area (Å²) in [6.07, 6.45) is 2.17. The molecule has 2 nitrogen and oxygen atoms in total. The number of rotatable bonds is 3. The van der Waals surface area contributed by atoms with Crippen molar-refractivity contribution in [3.8, 4) is 0 Å². The van der Waals surface area contributed by atoms with E-state index in [9.17, 15) is 5.11 Å². The van der Waals surface area contributed by atoms with Crippen molar-refractivity contribution < 1.29 is 5.11 Å². The minimum absolute atomic E-state index is 0.347. The van der Waals surface area contributed by atoms with Crippen molar-refractivity contribution >= 4 is 11.6 Å². The van der Waals surface area contributed by atoms with Crippen LogP contribution in [-0.2, 0) is 0 Å². The smallest absolute Gasteiger partial charge is 0.0802 e. The van der Waals surface area contributed by atoms with E-state index >= 15 is 0 Å². The van der Waals surface area contributed by atoms with Gasteiger partial charge in [0.15, 0.2) is 0 Å². The van der Waals surface area contributed by atoms with E-state index < -0.39 is 0 Å². The first-order chi connectivity index (χ1) is 5.72. The molecule has 0 aromatic heterocycles. The number of alkyl halides is 1. The molecule has 3 heteroatoms. The molecule has 1 fully saturated rings. The molecule has 1 aliphatic rings. The topological polar surface area (TPSA) is 23.5 Å². The van der Waals surface area contributed by atoms with Crippen molar-refractivity contribution in [3.63, 3.8) is 0 Å². The molecule has 0 saturated carbocycles. The molecule has 1 rings (SSSR count). The maximum Gasteiger partial charge on any atom is 0.0802 e. The zero-order valence-corrected chi connectivity index (χ0v) is 8.43. The molecule has 1 heterocycles. The van der Waals surface area contributed by atoms with Gasteiger partial charge in [-0.1, -0.05) is 6.92 Å². The van der Waals surface area contributed by atoms with Gasteiger partial charge >= 0.3 is 0 Å². The van der Waals surface area contributed by atoms with E-state index in [-0.39, 0.29) is 6.10 Å². The lowest BCUT2D eigenvalue weighted by molar-refractivity contribution is 0.105. The molecule has 0 radical (unpaired) electrons. The van der Waals surface area contributed by atoms with E-state index in [0.717, 1.165) is 25.6 Å². The average molecular weight is 192 g/mol. The summed E-state index contributed by atoms with van der Waals surface area (Å²) < 4.78 is 0. The number of β-amino-alcohol motifs (C(OH)–C–C–N with tert-alkyl or cyclic N) is 1. The quantitative estimate of drug-likeness (QED) is 0.681. The average Bonchev–Trinajstić information content (AvgIpc) is 2.09. The molecule has 0 aromatic rings. The number of halogens is 1. The minimum Gasteiger partial charge on any atom is -0.391 e. The summed E-state index contributed by atoms with van der Waals surface area (Å²) in [5.74, 6) is 1.21. The van der Waals surface area contributed by atoms with E-state index in [4.69, 9.17) is 11.6 Å². The Balaban J connectivity index is 2.17. The highest BCUT2D eigenvalue weighted by Crippen LogP contribution is 2.15. The molecule has 0 spiro atoms. The van der Waals surface area contributed by atoms with E-state index in [1.165, 1.54) is 12.8 Å². The van der Waals surface area contributed by atoms with Gasteiger partial charge in [-0.25, -0.2) is 0 Å². The molecule has 1 atom stereocenters. The fourth-order valence-electron chi connectivity index (χ4n) is 1.59. The van der Waals surface area contributed by atoms with Crippen LogP contribution in [0.4, 0.5) is 0 Å². The number of piperidine rings is 1. The Morgan fingerprint density at radius 3 is 2.58 bits per heavy atom. The Bertz CT molecular complexity index is 124. The summed E-state index contributed by atoms with van der Waals surface area (Å²) in [7, 11) is 0. The Labute approximate surface area is 79.5 Å². The van der Waals surface area contributed by atoms with Crippen molar-refractivity contribution in [2.75, 3.05) is 25.5 Å². The lowest BCUT2D eigenvalue weighted by Crippen LogP contribution is -2.38. The molecule has 0 aliphatic carbocycles. The maximum absolute atomic E-state index is 9.30. The number of hydrogen-bond acceptors (Lipinski definition) is 2. The number of likely N-dealkylation sites (tertiary alicyclic amines) is 1. The van der Waals surface area contributed by atoms with Crippen LogP contribution in [-0.4, -0.2) is 41.6 Å². The summed E-state index contributed by atoms with van der Waals surface area (Å²) >= 11 is 5.52.